The minimum Gasteiger partial charge on any atom is -0.341 e. The highest BCUT2D eigenvalue weighted by Gasteiger charge is 2.33. The maximum atomic E-state index is 12.4. The minimum absolute atomic E-state index is 0.00899. The summed E-state index contributed by atoms with van der Waals surface area (Å²) in [5.41, 5.74) is 1.01. The van der Waals surface area contributed by atoms with Gasteiger partial charge in [-0.1, -0.05) is 30.3 Å². The molecule has 0 N–H and O–H groups in total. The second-order valence-corrected chi connectivity index (χ2v) is 8.36. The fourth-order valence-corrected chi connectivity index (χ4v) is 4.60. The first-order valence-corrected chi connectivity index (χ1v) is 9.92. The highest BCUT2D eigenvalue weighted by atomic mass is 32.2. The molecule has 0 aliphatic carbocycles. The molecule has 1 aromatic rings. The fourth-order valence-electron chi connectivity index (χ4n) is 2.83. The lowest BCUT2D eigenvalue weighted by atomic mass is 10.2. The first-order chi connectivity index (χ1) is 11.3. The lowest BCUT2D eigenvalue weighted by Gasteiger charge is -2.25. The van der Waals surface area contributed by atoms with Crippen molar-refractivity contribution in [2.75, 3.05) is 25.1 Å². The first kappa shape index (κ1) is 18.4. The molecule has 1 fully saturated rings. The van der Waals surface area contributed by atoms with E-state index in [0.29, 0.717) is 19.5 Å². The monoisotopic (exact) mass is 352 g/mol. The Morgan fingerprint density at radius 3 is 2.38 bits per heavy atom. The second kappa shape index (κ2) is 7.79. The van der Waals surface area contributed by atoms with Gasteiger partial charge in [-0.25, -0.2) is 8.42 Å². The maximum absolute atomic E-state index is 12.4. The topological polar surface area (TPSA) is 74.8 Å². The van der Waals surface area contributed by atoms with Gasteiger partial charge in [-0.05, 0) is 18.9 Å². The number of hydrogen-bond donors (Lipinski definition) is 0. The predicted octanol–water partition coefficient (Wildman–Crippen LogP) is 1.07. The number of rotatable bonds is 6. The first-order valence-electron chi connectivity index (χ1n) is 8.10. The maximum Gasteiger partial charge on any atom is 0.232 e. The molecule has 6 nitrogen and oxygen atoms in total. The van der Waals surface area contributed by atoms with Crippen molar-refractivity contribution in [2.24, 2.45) is 0 Å². The summed E-state index contributed by atoms with van der Waals surface area (Å²) in [4.78, 5) is 27.8. The number of nitrogens with zero attached hydrogens (tertiary/aromatic N) is 2. The van der Waals surface area contributed by atoms with Crippen molar-refractivity contribution in [2.45, 2.75) is 32.4 Å². The van der Waals surface area contributed by atoms with E-state index in [9.17, 15) is 18.0 Å². The van der Waals surface area contributed by atoms with Crippen molar-refractivity contribution < 1.29 is 18.0 Å². The van der Waals surface area contributed by atoms with E-state index in [4.69, 9.17) is 0 Å². The highest BCUT2D eigenvalue weighted by Crippen LogP contribution is 2.17. The average molecular weight is 352 g/mol. The van der Waals surface area contributed by atoms with Gasteiger partial charge in [0, 0.05) is 26.2 Å². The minimum atomic E-state index is -3.05. The van der Waals surface area contributed by atoms with E-state index in [1.807, 2.05) is 37.3 Å². The van der Waals surface area contributed by atoms with Crippen LogP contribution in [0.5, 0.6) is 0 Å². The largest absolute Gasteiger partial charge is 0.341 e. The molecule has 0 radical (unpaired) electrons. The Kier molecular flexibility index (Phi) is 5.99. The second-order valence-electron chi connectivity index (χ2n) is 6.13. The van der Waals surface area contributed by atoms with Gasteiger partial charge >= 0.3 is 0 Å². The fraction of sp³-hybridized carbons (Fsp3) is 0.529. The summed E-state index contributed by atoms with van der Waals surface area (Å²) < 4.78 is 23.1. The average Bonchev–Trinajstić information content (AvgIpc) is 2.92. The Labute approximate surface area is 143 Å². The normalized spacial score (nSPS) is 19.0. The van der Waals surface area contributed by atoms with Crippen molar-refractivity contribution in [3.63, 3.8) is 0 Å². The van der Waals surface area contributed by atoms with Crippen LogP contribution in [0.25, 0.3) is 0 Å². The summed E-state index contributed by atoms with van der Waals surface area (Å²) in [5, 5.41) is 0. The van der Waals surface area contributed by atoms with Gasteiger partial charge in [0.15, 0.2) is 9.84 Å². The van der Waals surface area contributed by atoms with Crippen LogP contribution in [0.2, 0.25) is 0 Å². The number of amides is 2. The summed E-state index contributed by atoms with van der Waals surface area (Å²) in [6.07, 6.45) is 0.216. The van der Waals surface area contributed by atoms with Gasteiger partial charge in [-0.15, -0.1) is 0 Å². The zero-order valence-corrected chi connectivity index (χ0v) is 15.0. The summed E-state index contributed by atoms with van der Waals surface area (Å²) >= 11 is 0. The smallest absolute Gasteiger partial charge is 0.232 e. The number of hydrogen-bond acceptors (Lipinski definition) is 4. The van der Waals surface area contributed by atoms with E-state index in [1.54, 1.807) is 11.9 Å². The quantitative estimate of drug-likeness (QED) is 0.718. The Morgan fingerprint density at radius 2 is 1.83 bits per heavy atom. The predicted molar refractivity (Wildman–Crippen MR) is 92.0 cm³/mol. The number of benzene rings is 1. The van der Waals surface area contributed by atoms with Crippen molar-refractivity contribution in [1.29, 1.82) is 0 Å². The summed E-state index contributed by atoms with van der Waals surface area (Å²) in [5.74, 6) is -0.462. The van der Waals surface area contributed by atoms with E-state index in [0.717, 1.165) is 5.56 Å². The van der Waals surface area contributed by atoms with Crippen molar-refractivity contribution in [3.8, 4) is 0 Å². The molecule has 1 unspecified atom stereocenters. The van der Waals surface area contributed by atoms with Crippen LogP contribution in [0.3, 0.4) is 0 Å². The molecular weight excluding hydrogens is 328 g/mol. The van der Waals surface area contributed by atoms with Crippen LogP contribution in [-0.4, -0.2) is 61.2 Å². The number of carbonyl (C=O) groups excluding carboxylic acids is 2. The van der Waals surface area contributed by atoms with E-state index in [-0.39, 0.29) is 35.8 Å². The van der Waals surface area contributed by atoms with Crippen LogP contribution in [0.1, 0.15) is 25.3 Å². The molecule has 7 heteroatoms. The molecule has 1 aliphatic rings. The molecule has 1 heterocycles. The molecule has 24 heavy (non-hydrogen) atoms. The molecule has 1 saturated heterocycles. The molecule has 2 rings (SSSR count). The molecule has 1 atom stereocenters. The van der Waals surface area contributed by atoms with Gasteiger partial charge < -0.3 is 9.80 Å². The SMILES string of the molecule is CCN(Cc1ccccc1)C(=O)CC(=O)N(C)C1CCS(=O)(=O)C1. The molecule has 2 amide bonds. The van der Waals surface area contributed by atoms with Gasteiger partial charge in [-0.2, -0.15) is 0 Å². The van der Waals surface area contributed by atoms with Crippen molar-refractivity contribution >= 4 is 21.7 Å². The number of carbonyl (C=O) groups is 2. The third-order valence-corrected chi connectivity index (χ3v) is 6.15. The van der Waals surface area contributed by atoms with E-state index in [1.165, 1.54) is 4.90 Å². The van der Waals surface area contributed by atoms with Crippen LogP contribution in [0, 0.1) is 0 Å². The van der Waals surface area contributed by atoms with E-state index in [2.05, 4.69) is 0 Å². The molecule has 0 aromatic heterocycles. The Morgan fingerprint density at radius 1 is 1.17 bits per heavy atom. The van der Waals surface area contributed by atoms with Gasteiger partial charge in [0.2, 0.25) is 11.8 Å². The molecule has 132 valence electrons. The third-order valence-electron chi connectivity index (χ3n) is 4.40. The van der Waals surface area contributed by atoms with Crippen LogP contribution in [0.4, 0.5) is 0 Å². The van der Waals surface area contributed by atoms with Gasteiger partial charge in [-0.3, -0.25) is 9.59 Å². The van der Waals surface area contributed by atoms with E-state index >= 15 is 0 Å². The molecule has 0 bridgehead atoms. The Bertz CT molecular complexity index is 688. The molecular formula is C17H24N2O4S. The zero-order chi connectivity index (χ0) is 17.7. The number of sulfone groups is 1. The van der Waals surface area contributed by atoms with Crippen LogP contribution in [0.15, 0.2) is 30.3 Å². The zero-order valence-electron chi connectivity index (χ0n) is 14.1. The van der Waals surface area contributed by atoms with Crippen LogP contribution >= 0.6 is 0 Å². The van der Waals surface area contributed by atoms with Gasteiger partial charge in [0.05, 0.1) is 11.5 Å². The standard InChI is InChI=1S/C17H24N2O4S/c1-3-19(12-14-7-5-4-6-8-14)17(21)11-16(20)18(2)15-9-10-24(22,23)13-15/h4-8,15H,3,9-13H2,1-2H3. The van der Waals surface area contributed by atoms with Gasteiger partial charge in [0.25, 0.3) is 0 Å². The highest BCUT2D eigenvalue weighted by molar-refractivity contribution is 7.91. The summed E-state index contributed by atoms with van der Waals surface area (Å²) in [6, 6.07) is 9.29. The third kappa shape index (κ3) is 4.80. The lowest BCUT2D eigenvalue weighted by molar-refractivity contribution is -0.141. The van der Waals surface area contributed by atoms with Crippen molar-refractivity contribution in [3.05, 3.63) is 35.9 Å². The van der Waals surface area contributed by atoms with Crippen LogP contribution < -0.4 is 0 Å². The molecule has 1 aliphatic heterocycles. The lowest BCUT2D eigenvalue weighted by Crippen LogP contribution is -2.41. The summed E-state index contributed by atoms with van der Waals surface area (Å²) in [7, 11) is -1.48. The molecule has 0 saturated carbocycles. The van der Waals surface area contributed by atoms with Crippen LogP contribution in [-0.2, 0) is 26.0 Å². The van der Waals surface area contributed by atoms with Gasteiger partial charge in [0.1, 0.15) is 6.42 Å². The molecule has 1 aromatic carbocycles. The Hall–Kier alpha value is -1.89. The Balaban J connectivity index is 1.93. The van der Waals surface area contributed by atoms with Crippen molar-refractivity contribution in [1.82, 2.24) is 9.80 Å². The summed E-state index contributed by atoms with van der Waals surface area (Å²) in [6.45, 7) is 2.85. The van der Waals surface area contributed by atoms with E-state index < -0.39 is 9.84 Å². The molecule has 0 spiro atoms.